The van der Waals surface area contributed by atoms with Crippen molar-refractivity contribution < 1.29 is 4.42 Å². The molecule has 3 heterocycles. The van der Waals surface area contributed by atoms with Crippen molar-refractivity contribution in [3.8, 4) is 44.9 Å². The quantitative estimate of drug-likeness (QED) is 0.190. The molecule has 0 spiro atoms. The highest BCUT2D eigenvalue weighted by Gasteiger charge is 2.22. The summed E-state index contributed by atoms with van der Waals surface area (Å²) >= 11 is 1.84. The first-order valence-electron chi connectivity index (χ1n) is 16.8. The lowest BCUT2D eigenvalue weighted by Gasteiger charge is -2.22. The van der Waals surface area contributed by atoms with E-state index in [-0.39, 0.29) is 0 Å². The van der Waals surface area contributed by atoms with Crippen molar-refractivity contribution in [3.05, 3.63) is 158 Å². The normalized spacial score (nSPS) is 12.3. The van der Waals surface area contributed by atoms with Gasteiger partial charge in [-0.15, -0.1) is 0 Å². The van der Waals surface area contributed by atoms with Crippen molar-refractivity contribution in [1.82, 2.24) is 9.97 Å². The molecule has 3 nitrogen and oxygen atoms in total. The molecular formula is C46H26N2OS. The summed E-state index contributed by atoms with van der Waals surface area (Å²) in [4.78, 5) is 13.0. The predicted octanol–water partition coefficient (Wildman–Crippen LogP) is 13.0. The maximum Gasteiger partial charge on any atom is 0.160 e. The molecular weight excluding hydrogens is 629 g/mol. The van der Waals surface area contributed by atoms with Crippen LogP contribution >= 0.6 is 11.8 Å². The number of fused-ring (bicyclic) bond motifs is 8. The third kappa shape index (κ3) is 4.12. The van der Waals surface area contributed by atoms with Gasteiger partial charge in [-0.25, -0.2) is 9.97 Å². The van der Waals surface area contributed by atoms with E-state index in [1.54, 1.807) is 0 Å². The van der Waals surface area contributed by atoms with Crippen molar-refractivity contribution in [3.63, 3.8) is 0 Å². The lowest BCUT2D eigenvalue weighted by atomic mass is 9.92. The second-order valence-electron chi connectivity index (χ2n) is 12.9. The van der Waals surface area contributed by atoms with E-state index in [0.717, 1.165) is 55.0 Å². The Hall–Kier alpha value is -6.23. The number of para-hydroxylation sites is 1. The fourth-order valence-electron chi connectivity index (χ4n) is 7.72. The highest BCUT2D eigenvalue weighted by atomic mass is 32.2. The van der Waals surface area contributed by atoms with Crippen LogP contribution in [0.2, 0.25) is 0 Å². The lowest BCUT2D eigenvalue weighted by molar-refractivity contribution is 0.672. The molecule has 0 bridgehead atoms. The molecule has 0 fully saturated rings. The number of rotatable bonds is 3. The van der Waals surface area contributed by atoms with Crippen LogP contribution in [0.1, 0.15) is 0 Å². The summed E-state index contributed by atoms with van der Waals surface area (Å²) in [6.07, 6.45) is 0. The minimum atomic E-state index is 0.714. The average molecular weight is 655 g/mol. The predicted molar refractivity (Wildman–Crippen MR) is 208 cm³/mol. The van der Waals surface area contributed by atoms with Gasteiger partial charge >= 0.3 is 0 Å². The number of hydrogen-bond acceptors (Lipinski definition) is 4. The summed E-state index contributed by atoms with van der Waals surface area (Å²) in [6.45, 7) is 0. The molecule has 1 aliphatic rings. The van der Waals surface area contributed by atoms with E-state index in [9.17, 15) is 0 Å². The Morgan fingerprint density at radius 3 is 2.18 bits per heavy atom. The minimum absolute atomic E-state index is 0.714. The SMILES string of the molecule is c1ccc(-c2ccc3c4c(cccc24)-c2cc(-c4nc(-c5ccc6oc7c8ccccc8ccc7c6c5)c5ccccc5n4)ccc2S3)cc1. The van der Waals surface area contributed by atoms with Crippen molar-refractivity contribution in [1.29, 1.82) is 0 Å². The van der Waals surface area contributed by atoms with Crippen molar-refractivity contribution in [2.75, 3.05) is 0 Å². The highest BCUT2D eigenvalue weighted by Crippen LogP contribution is 2.50. The molecule has 0 amide bonds. The maximum absolute atomic E-state index is 6.44. The van der Waals surface area contributed by atoms with Gasteiger partial charge in [-0.2, -0.15) is 0 Å². The first-order valence-corrected chi connectivity index (χ1v) is 17.6. The van der Waals surface area contributed by atoms with Crippen LogP contribution in [0, 0.1) is 0 Å². The van der Waals surface area contributed by atoms with Crippen LogP contribution < -0.4 is 0 Å². The van der Waals surface area contributed by atoms with Crippen LogP contribution in [0.25, 0.3) is 99.3 Å². The highest BCUT2D eigenvalue weighted by molar-refractivity contribution is 7.99. The number of hydrogen-bond donors (Lipinski definition) is 0. The second-order valence-corrected chi connectivity index (χ2v) is 14.0. The first kappa shape index (κ1) is 27.7. The van der Waals surface area contributed by atoms with Gasteiger partial charge in [0.15, 0.2) is 5.82 Å². The summed E-state index contributed by atoms with van der Waals surface area (Å²) in [7, 11) is 0. The zero-order chi connectivity index (χ0) is 32.8. The van der Waals surface area contributed by atoms with Gasteiger partial charge < -0.3 is 4.42 Å². The van der Waals surface area contributed by atoms with Crippen LogP contribution in [0.3, 0.4) is 0 Å². The molecule has 0 unspecified atom stereocenters. The third-order valence-electron chi connectivity index (χ3n) is 10.1. The van der Waals surface area contributed by atoms with Gasteiger partial charge in [0.05, 0.1) is 11.2 Å². The van der Waals surface area contributed by atoms with Crippen molar-refractivity contribution in [2.24, 2.45) is 0 Å². The molecule has 50 heavy (non-hydrogen) atoms. The summed E-state index contributed by atoms with van der Waals surface area (Å²) in [6, 6.07) is 56.0. The van der Waals surface area contributed by atoms with Gasteiger partial charge in [-0.05, 0) is 81.6 Å². The zero-order valence-electron chi connectivity index (χ0n) is 26.7. The standard InChI is InChI=1S/C46H26N2OS/c1-2-9-27(10-3-1)31-21-24-42-43-33(31)14-8-15-34(43)38-26-30(19-23-41(38)50-42)46-47-39-16-7-6-13-36(39)44(48-46)29-18-22-40-37(25-29)35-20-17-28-11-4-5-12-32(28)45(35)49-40/h1-26H. The van der Waals surface area contributed by atoms with Gasteiger partial charge in [-0.3, -0.25) is 0 Å². The van der Waals surface area contributed by atoms with Crippen LogP contribution in [0.4, 0.5) is 0 Å². The fraction of sp³-hybridized carbons (Fsp3) is 0. The van der Waals surface area contributed by atoms with E-state index >= 15 is 0 Å². The van der Waals surface area contributed by atoms with Crippen LogP contribution in [0.5, 0.6) is 0 Å². The monoisotopic (exact) mass is 654 g/mol. The lowest BCUT2D eigenvalue weighted by Crippen LogP contribution is -1.98. The van der Waals surface area contributed by atoms with Gasteiger partial charge in [0.2, 0.25) is 0 Å². The summed E-state index contributed by atoms with van der Waals surface area (Å²) in [5.41, 5.74) is 10.6. The Balaban J connectivity index is 1.08. The largest absolute Gasteiger partial charge is 0.455 e. The molecule has 2 aromatic heterocycles. The van der Waals surface area contributed by atoms with Crippen molar-refractivity contribution >= 4 is 66.1 Å². The maximum atomic E-state index is 6.44. The molecule has 10 aromatic rings. The molecule has 0 radical (unpaired) electrons. The van der Waals surface area contributed by atoms with E-state index in [1.165, 1.54) is 48.2 Å². The number of benzene rings is 8. The van der Waals surface area contributed by atoms with E-state index < -0.39 is 0 Å². The second kappa shape index (κ2) is 10.6. The smallest absolute Gasteiger partial charge is 0.160 e. The summed E-state index contributed by atoms with van der Waals surface area (Å²) in [5.74, 6) is 0.714. The van der Waals surface area contributed by atoms with Crippen LogP contribution in [0.15, 0.2) is 172 Å². The number of aromatic nitrogens is 2. The summed E-state index contributed by atoms with van der Waals surface area (Å²) in [5, 5.41) is 8.08. The first-order chi connectivity index (χ1) is 24.8. The molecule has 11 rings (SSSR count). The van der Waals surface area contributed by atoms with Gasteiger partial charge in [0.1, 0.15) is 11.2 Å². The molecule has 4 heteroatoms. The van der Waals surface area contributed by atoms with Gasteiger partial charge in [-0.1, -0.05) is 121 Å². The Labute approximate surface area is 291 Å². The van der Waals surface area contributed by atoms with Crippen LogP contribution in [-0.4, -0.2) is 9.97 Å². The zero-order valence-corrected chi connectivity index (χ0v) is 27.5. The Kier molecular flexibility index (Phi) is 5.89. The molecule has 1 aliphatic heterocycles. The molecule has 0 aliphatic carbocycles. The van der Waals surface area contributed by atoms with Crippen molar-refractivity contribution in [2.45, 2.75) is 9.79 Å². The van der Waals surface area contributed by atoms with E-state index in [2.05, 4.69) is 152 Å². The number of furan rings is 1. The van der Waals surface area contributed by atoms with Gasteiger partial charge in [0.25, 0.3) is 0 Å². The van der Waals surface area contributed by atoms with E-state index in [4.69, 9.17) is 14.4 Å². The minimum Gasteiger partial charge on any atom is -0.455 e. The average Bonchev–Trinajstić information content (AvgIpc) is 3.56. The molecule has 0 atom stereocenters. The Morgan fingerprint density at radius 1 is 0.440 bits per heavy atom. The fourth-order valence-corrected chi connectivity index (χ4v) is 8.83. The van der Waals surface area contributed by atoms with E-state index in [0.29, 0.717) is 5.82 Å². The topological polar surface area (TPSA) is 38.9 Å². The van der Waals surface area contributed by atoms with Gasteiger partial charge in [0, 0.05) is 47.8 Å². The molecule has 8 aromatic carbocycles. The summed E-state index contributed by atoms with van der Waals surface area (Å²) < 4.78 is 6.44. The van der Waals surface area contributed by atoms with Crippen LogP contribution in [-0.2, 0) is 0 Å². The molecule has 0 N–H and O–H groups in total. The Bertz CT molecular complexity index is 3020. The molecule has 232 valence electrons. The molecule has 0 saturated carbocycles. The van der Waals surface area contributed by atoms with E-state index in [1.807, 2.05) is 17.8 Å². The third-order valence-corrected chi connectivity index (χ3v) is 11.2. The molecule has 0 saturated heterocycles. The Morgan fingerprint density at radius 2 is 1.24 bits per heavy atom. The number of nitrogens with zero attached hydrogens (tertiary/aromatic N) is 2.